The first-order valence-electron chi connectivity index (χ1n) is 4.84. The zero-order valence-electron chi connectivity index (χ0n) is 8.27. The number of rotatable bonds is 4. The number of fused-ring (bicyclic) bond motifs is 1. The fourth-order valence-corrected chi connectivity index (χ4v) is 1.49. The number of benzene rings is 1. The SMILES string of the molecule is CNCCCn1nnc2ccccc21. The van der Waals surface area contributed by atoms with Crippen LogP contribution in [0.1, 0.15) is 6.42 Å². The summed E-state index contributed by atoms with van der Waals surface area (Å²) in [6, 6.07) is 8.03. The molecule has 1 heterocycles. The van der Waals surface area contributed by atoms with Crippen LogP contribution in [0.2, 0.25) is 0 Å². The van der Waals surface area contributed by atoms with E-state index in [1.165, 1.54) is 0 Å². The van der Waals surface area contributed by atoms with Crippen molar-refractivity contribution in [1.82, 2.24) is 20.3 Å². The van der Waals surface area contributed by atoms with Gasteiger partial charge >= 0.3 is 0 Å². The minimum Gasteiger partial charge on any atom is -0.320 e. The van der Waals surface area contributed by atoms with E-state index in [2.05, 4.69) is 21.7 Å². The Morgan fingerprint density at radius 2 is 2.21 bits per heavy atom. The number of aromatic nitrogens is 3. The van der Waals surface area contributed by atoms with Gasteiger partial charge in [0.1, 0.15) is 5.52 Å². The topological polar surface area (TPSA) is 42.7 Å². The molecule has 0 amide bonds. The molecule has 74 valence electrons. The molecular formula is C10H14N4. The Balaban J connectivity index is 2.17. The number of nitrogens with zero attached hydrogens (tertiary/aromatic N) is 3. The quantitative estimate of drug-likeness (QED) is 0.732. The number of aryl methyl sites for hydroxylation is 1. The van der Waals surface area contributed by atoms with Crippen molar-refractivity contribution >= 4 is 11.0 Å². The first-order chi connectivity index (χ1) is 6.92. The fraction of sp³-hybridized carbons (Fsp3) is 0.400. The van der Waals surface area contributed by atoms with Crippen molar-refractivity contribution in [3.05, 3.63) is 24.3 Å². The van der Waals surface area contributed by atoms with Crippen molar-refractivity contribution in [3.63, 3.8) is 0 Å². The maximum absolute atomic E-state index is 4.11. The summed E-state index contributed by atoms with van der Waals surface area (Å²) in [4.78, 5) is 0. The monoisotopic (exact) mass is 190 g/mol. The molecular weight excluding hydrogens is 176 g/mol. The Bertz CT molecular complexity index is 407. The average molecular weight is 190 g/mol. The highest BCUT2D eigenvalue weighted by Crippen LogP contribution is 2.09. The summed E-state index contributed by atoms with van der Waals surface area (Å²) in [5.74, 6) is 0. The third kappa shape index (κ3) is 1.75. The maximum atomic E-state index is 4.11. The second-order valence-corrected chi connectivity index (χ2v) is 3.26. The third-order valence-electron chi connectivity index (χ3n) is 2.22. The van der Waals surface area contributed by atoms with Crippen molar-refractivity contribution in [3.8, 4) is 0 Å². The predicted octanol–water partition coefficient (Wildman–Crippen LogP) is 1.04. The van der Waals surface area contributed by atoms with Gasteiger partial charge in [0.05, 0.1) is 5.52 Å². The summed E-state index contributed by atoms with van der Waals surface area (Å²) in [5, 5.41) is 11.3. The van der Waals surface area contributed by atoms with E-state index in [-0.39, 0.29) is 0 Å². The molecule has 2 aromatic rings. The summed E-state index contributed by atoms with van der Waals surface area (Å²) in [7, 11) is 1.96. The molecule has 0 aliphatic carbocycles. The molecule has 1 N–H and O–H groups in total. The van der Waals surface area contributed by atoms with E-state index >= 15 is 0 Å². The van der Waals surface area contributed by atoms with Gasteiger partial charge in [-0.25, -0.2) is 4.68 Å². The van der Waals surface area contributed by atoms with Gasteiger partial charge in [0.25, 0.3) is 0 Å². The molecule has 0 saturated carbocycles. The number of hydrogen-bond donors (Lipinski definition) is 1. The zero-order chi connectivity index (χ0) is 9.80. The molecule has 1 aromatic carbocycles. The van der Waals surface area contributed by atoms with E-state index in [0.717, 1.165) is 30.5 Å². The zero-order valence-corrected chi connectivity index (χ0v) is 8.27. The summed E-state index contributed by atoms with van der Waals surface area (Å²) in [5.41, 5.74) is 2.08. The molecule has 1 aromatic heterocycles. The molecule has 2 rings (SSSR count). The van der Waals surface area contributed by atoms with E-state index in [9.17, 15) is 0 Å². The van der Waals surface area contributed by atoms with Crippen molar-refractivity contribution in [1.29, 1.82) is 0 Å². The van der Waals surface area contributed by atoms with E-state index in [1.54, 1.807) is 0 Å². The second kappa shape index (κ2) is 4.19. The van der Waals surface area contributed by atoms with Crippen molar-refractivity contribution in [2.24, 2.45) is 0 Å². The Kier molecular flexibility index (Phi) is 2.74. The van der Waals surface area contributed by atoms with Crippen LogP contribution in [-0.2, 0) is 6.54 Å². The summed E-state index contributed by atoms with van der Waals surface area (Å²) in [6.07, 6.45) is 1.07. The van der Waals surface area contributed by atoms with E-state index < -0.39 is 0 Å². The standard InChI is InChI=1S/C10H14N4/c1-11-7-4-8-14-10-6-3-2-5-9(10)12-13-14/h2-3,5-6,11H,4,7-8H2,1H3. The molecule has 0 radical (unpaired) electrons. The first-order valence-corrected chi connectivity index (χ1v) is 4.84. The minimum atomic E-state index is 0.918. The van der Waals surface area contributed by atoms with Gasteiger partial charge in [0.15, 0.2) is 0 Å². The highest BCUT2D eigenvalue weighted by atomic mass is 15.4. The van der Waals surface area contributed by atoms with Crippen LogP contribution in [0.3, 0.4) is 0 Å². The molecule has 0 saturated heterocycles. The van der Waals surface area contributed by atoms with E-state index in [1.807, 2.05) is 29.9 Å². The van der Waals surface area contributed by atoms with Crippen LogP contribution in [0, 0.1) is 0 Å². The lowest BCUT2D eigenvalue weighted by Crippen LogP contribution is -2.11. The molecule has 14 heavy (non-hydrogen) atoms. The number of para-hydroxylation sites is 1. The van der Waals surface area contributed by atoms with Gasteiger partial charge in [-0.1, -0.05) is 17.3 Å². The minimum absolute atomic E-state index is 0.918. The largest absolute Gasteiger partial charge is 0.320 e. The van der Waals surface area contributed by atoms with E-state index in [0.29, 0.717) is 0 Å². The highest BCUT2D eigenvalue weighted by Gasteiger charge is 2.01. The first kappa shape index (κ1) is 9.15. The fourth-order valence-electron chi connectivity index (χ4n) is 1.49. The van der Waals surface area contributed by atoms with Crippen molar-refractivity contribution in [2.75, 3.05) is 13.6 Å². The van der Waals surface area contributed by atoms with Gasteiger partial charge in [-0.15, -0.1) is 5.10 Å². The van der Waals surface area contributed by atoms with Gasteiger partial charge < -0.3 is 5.32 Å². The highest BCUT2D eigenvalue weighted by molar-refractivity contribution is 5.73. The lowest BCUT2D eigenvalue weighted by atomic mass is 10.3. The van der Waals surface area contributed by atoms with Gasteiger partial charge in [0, 0.05) is 6.54 Å². The van der Waals surface area contributed by atoms with Crippen LogP contribution in [-0.4, -0.2) is 28.6 Å². The van der Waals surface area contributed by atoms with Crippen LogP contribution in [0.4, 0.5) is 0 Å². The number of hydrogen-bond acceptors (Lipinski definition) is 3. The normalized spacial score (nSPS) is 10.9. The Labute approximate surface area is 82.9 Å². The molecule has 0 spiro atoms. The molecule has 0 atom stereocenters. The van der Waals surface area contributed by atoms with Crippen LogP contribution in [0.15, 0.2) is 24.3 Å². The van der Waals surface area contributed by atoms with E-state index in [4.69, 9.17) is 0 Å². The molecule has 0 aliphatic heterocycles. The molecule has 4 nitrogen and oxygen atoms in total. The van der Waals surface area contributed by atoms with Gasteiger partial charge in [-0.3, -0.25) is 0 Å². The molecule has 0 unspecified atom stereocenters. The molecule has 0 bridgehead atoms. The Hall–Kier alpha value is -1.42. The second-order valence-electron chi connectivity index (χ2n) is 3.26. The summed E-state index contributed by atoms with van der Waals surface area (Å²) < 4.78 is 1.95. The van der Waals surface area contributed by atoms with Crippen LogP contribution >= 0.6 is 0 Å². The van der Waals surface area contributed by atoms with Gasteiger partial charge in [-0.2, -0.15) is 0 Å². The van der Waals surface area contributed by atoms with Crippen LogP contribution in [0.25, 0.3) is 11.0 Å². The van der Waals surface area contributed by atoms with Crippen molar-refractivity contribution < 1.29 is 0 Å². The number of nitrogens with one attached hydrogen (secondary N) is 1. The van der Waals surface area contributed by atoms with Crippen LogP contribution < -0.4 is 5.32 Å². The lowest BCUT2D eigenvalue weighted by molar-refractivity contribution is 0.559. The maximum Gasteiger partial charge on any atom is 0.113 e. The van der Waals surface area contributed by atoms with Crippen molar-refractivity contribution in [2.45, 2.75) is 13.0 Å². The predicted molar refractivity (Wildman–Crippen MR) is 56.1 cm³/mol. The molecule has 0 fully saturated rings. The Morgan fingerprint density at radius 1 is 1.36 bits per heavy atom. The smallest absolute Gasteiger partial charge is 0.113 e. The summed E-state index contributed by atoms with van der Waals surface area (Å²) >= 11 is 0. The molecule has 0 aliphatic rings. The van der Waals surface area contributed by atoms with Gasteiger partial charge in [0.2, 0.25) is 0 Å². The summed E-state index contributed by atoms with van der Waals surface area (Å²) in [6.45, 7) is 1.93. The average Bonchev–Trinajstić information content (AvgIpc) is 2.63. The lowest BCUT2D eigenvalue weighted by Gasteiger charge is -2.00. The Morgan fingerprint density at radius 3 is 3.07 bits per heavy atom. The van der Waals surface area contributed by atoms with Crippen LogP contribution in [0.5, 0.6) is 0 Å². The third-order valence-corrected chi connectivity index (χ3v) is 2.22. The van der Waals surface area contributed by atoms with Gasteiger partial charge in [-0.05, 0) is 32.1 Å². The molecule has 4 heteroatoms.